The first-order valence-corrected chi connectivity index (χ1v) is 10.9. The van der Waals surface area contributed by atoms with Crippen molar-refractivity contribution in [3.05, 3.63) is 0 Å². The number of carbonyl (C=O) groups excluding carboxylic acids is 1. The molecule has 0 aromatic rings. The number of rotatable bonds is 5. The molecule has 2 saturated heterocycles. The zero-order chi connectivity index (χ0) is 17.7. The molecule has 6 nitrogen and oxygen atoms in total. The number of likely N-dealkylation sites (tertiary alicyclic amines) is 1. The Hall–Kier alpha value is -0.950. The summed E-state index contributed by atoms with van der Waals surface area (Å²) in [4.78, 5) is 19.2. The molecule has 0 spiro atoms. The first kappa shape index (κ1) is 18.8. The van der Waals surface area contributed by atoms with Gasteiger partial charge in [-0.15, -0.1) is 0 Å². The Morgan fingerprint density at radius 1 is 1.36 bits per heavy atom. The molecule has 2 aliphatic heterocycles. The average molecular weight is 369 g/mol. The number of hydrogen-bond donors (Lipinski definition) is 3. The first-order chi connectivity index (χ1) is 12.1. The van der Waals surface area contributed by atoms with Crippen LogP contribution in [0, 0.1) is 5.92 Å². The molecule has 1 amide bonds. The van der Waals surface area contributed by atoms with Crippen LogP contribution in [0.4, 0.5) is 0 Å². The van der Waals surface area contributed by atoms with Gasteiger partial charge < -0.3 is 20.6 Å². The summed E-state index contributed by atoms with van der Waals surface area (Å²) in [6, 6.07) is 0.246. The Bertz CT molecular complexity index is 487. The second kappa shape index (κ2) is 8.62. The monoisotopic (exact) mass is 368 g/mol. The summed E-state index contributed by atoms with van der Waals surface area (Å²) in [5.41, 5.74) is -0.660. The second-order valence-corrected chi connectivity index (χ2v) is 8.72. The summed E-state index contributed by atoms with van der Waals surface area (Å²) in [6.07, 6.45) is 6.30. The van der Waals surface area contributed by atoms with Gasteiger partial charge in [-0.05, 0) is 38.4 Å². The summed E-state index contributed by atoms with van der Waals surface area (Å²) >= 11 is 1.79. The van der Waals surface area contributed by atoms with E-state index in [0.29, 0.717) is 12.5 Å². The Morgan fingerprint density at radius 2 is 2.16 bits per heavy atom. The third kappa shape index (κ3) is 5.03. The van der Waals surface area contributed by atoms with E-state index in [4.69, 9.17) is 0 Å². The lowest BCUT2D eigenvalue weighted by atomic mass is 10.1. The van der Waals surface area contributed by atoms with Crippen molar-refractivity contribution < 1.29 is 9.90 Å². The maximum absolute atomic E-state index is 12.6. The number of nitrogens with one attached hydrogen (secondary N) is 2. The zero-order valence-electron chi connectivity index (χ0n) is 15.3. The summed E-state index contributed by atoms with van der Waals surface area (Å²) in [7, 11) is 0. The Morgan fingerprint density at radius 3 is 2.84 bits per heavy atom. The van der Waals surface area contributed by atoms with Crippen molar-refractivity contribution in [3.63, 3.8) is 0 Å². The van der Waals surface area contributed by atoms with Crippen LogP contribution >= 0.6 is 11.8 Å². The summed E-state index contributed by atoms with van der Waals surface area (Å²) in [6.45, 7) is 4.87. The van der Waals surface area contributed by atoms with Crippen molar-refractivity contribution in [2.24, 2.45) is 10.9 Å². The van der Waals surface area contributed by atoms with Gasteiger partial charge in [-0.1, -0.05) is 12.8 Å². The zero-order valence-corrected chi connectivity index (χ0v) is 16.1. The lowest BCUT2D eigenvalue weighted by molar-refractivity contribution is -0.134. The van der Waals surface area contributed by atoms with Crippen molar-refractivity contribution in [1.29, 1.82) is 0 Å². The highest BCUT2D eigenvalue weighted by atomic mass is 32.2. The van der Waals surface area contributed by atoms with Crippen LogP contribution in [0.5, 0.6) is 0 Å². The molecule has 1 saturated carbocycles. The predicted octanol–water partition coefficient (Wildman–Crippen LogP) is 1.20. The van der Waals surface area contributed by atoms with Gasteiger partial charge in [0.2, 0.25) is 5.91 Å². The van der Waals surface area contributed by atoms with Crippen LogP contribution in [0.25, 0.3) is 0 Å². The van der Waals surface area contributed by atoms with Crippen LogP contribution < -0.4 is 10.6 Å². The maximum atomic E-state index is 12.6. The van der Waals surface area contributed by atoms with Gasteiger partial charge in [0.1, 0.15) is 0 Å². The Kier molecular flexibility index (Phi) is 6.49. The lowest BCUT2D eigenvalue weighted by Crippen LogP contribution is -2.46. The number of hydrogen-bond acceptors (Lipinski definition) is 4. The fourth-order valence-electron chi connectivity index (χ4n) is 3.97. The highest BCUT2D eigenvalue weighted by Crippen LogP contribution is 2.28. The van der Waals surface area contributed by atoms with E-state index < -0.39 is 5.60 Å². The van der Waals surface area contributed by atoms with Crippen molar-refractivity contribution in [2.45, 2.75) is 57.1 Å². The van der Waals surface area contributed by atoms with E-state index in [1.807, 2.05) is 11.8 Å². The van der Waals surface area contributed by atoms with Crippen LogP contribution in [0.1, 0.15) is 45.4 Å². The molecular weight excluding hydrogens is 336 g/mol. The number of carbonyl (C=O) groups is 1. The summed E-state index contributed by atoms with van der Waals surface area (Å²) < 4.78 is 0. The molecule has 3 fully saturated rings. The minimum atomic E-state index is -0.660. The Balaban J connectivity index is 1.51. The SMILES string of the molecule is CCNC(=NCC1(O)CCSC1)NC1CCN(C(=O)C2CCCC2)C1. The van der Waals surface area contributed by atoms with E-state index in [-0.39, 0.29) is 12.0 Å². The normalized spacial score (nSPS) is 30.9. The van der Waals surface area contributed by atoms with Crippen LogP contribution in [0.15, 0.2) is 4.99 Å². The van der Waals surface area contributed by atoms with E-state index in [9.17, 15) is 9.90 Å². The number of aliphatic hydroxyl groups is 1. The molecule has 142 valence electrons. The third-order valence-corrected chi connectivity index (χ3v) is 6.74. The number of guanidine groups is 1. The molecule has 25 heavy (non-hydrogen) atoms. The van der Waals surface area contributed by atoms with Crippen LogP contribution in [-0.2, 0) is 4.79 Å². The van der Waals surface area contributed by atoms with Gasteiger partial charge in [-0.2, -0.15) is 11.8 Å². The molecule has 0 radical (unpaired) electrons. The molecule has 2 atom stereocenters. The fraction of sp³-hybridized carbons (Fsp3) is 0.889. The lowest BCUT2D eigenvalue weighted by Gasteiger charge is -2.23. The molecule has 2 unspecified atom stereocenters. The minimum Gasteiger partial charge on any atom is -0.387 e. The molecule has 1 aliphatic carbocycles. The highest BCUT2D eigenvalue weighted by molar-refractivity contribution is 7.99. The standard InChI is InChI=1S/C18H32N4O2S/c1-2-19-17(20-12-18(24)8-10-25-13-18)21-15-7-9-22(11-15)16(23)14-5-3-4-6-14/h14-15,24H,2-13H2,1H3,(H2,19,20,21). The van der Waals surface area contributed by atoms with Gasteiger partial charge in [0, 0.05) is 37.3 Å². The van der Waals surface area contributed by atoms with Crippen molar-refractivity contribution in [1.82, 2.24) is 15.5 Å². The molecule has 3 aliphatic rings. The van der Waals surface area contributed by atoms with Gasteiger partial charge in [0.05, 0.1) is 12.1 Å². The molecule has 0 aromatic carbocycles. The Labute approximate surface area is 155 Å². The van der Waals surface area contributed by atoms with E-state index in [1.165, 1.54) is 12.8 Å². The van der Waals surface area contributed by atoms with Crippen LogP contribution in [0.3, 0.4) is 0 Å². The predicted molar refractivity (Wildman–Crippen MR) is 103 cm³/mol. The molecule has 7 heteroatoms. The fourth-order valence-corrected chi connectivity index (χ4v) is 5.25. The van der Waals surface area contributed by atoms with Gasteiger partial charge in [0.25, 0.3) is 0 Å². The molecule has 3 rings (SSSR count). The minimum absolute atomic E-state index is 0.246. The first-order valence-electron chi connectivity index (χ1n) is 9.73. The average Bonchev–Trinajstić information content (AvgIpc) is 3.34. The summed E-state index contributed by atoms with van der Waals surface area (Å²) in [5.74, 6) is 3.14. The van der Waals surface area contributed by atoms with E-state index in [1.54, 1.807) is 11.8 Å². The number of thioether (sulfide) groups is 1. The highest BCUT2D eigenvalue weighted by Gasteiger charge is 2.33. The van der Waals surface area contributed by atoms with Crippen LogP contribution in [0.2, 0.25) is 0 Å². The summed E-state index contributed by atoms with van der Waals surface area (Å²) in [5, 5.41) is 17.2. The smallest absolute Gasteiger partial charge is 0.225 e. The molecule has 3 N–H and O–H groups in total. The van der Waals surface area contributed by atoms with Gasteiger partial charge in [0.15, 0.2) is 5.96 Å². The third-order valence-electron chi connectivity index (χ3n) is 5.50. The van der Waals surface area contributed by atoms with Gasteiger partial charge in [-0.25, -0.2) is 0 Å². The quantitative estimate of drug-likeness (QED) is 0.502. The van der Waals surface area contributed by atoms with E-state index in [0.717, 1.165) is 62.8 Å². The molecular formula is C18H32N4O2S. The van der Waals surface area contributed by atoms with Crippen LogP contribution in [-0.4, -0.2) is 71.2 Å². The van der Waals surface area contributed by atoms with E-state index >= 15 is 0 Å². The molecule has 2 heterocycles. The van der Waals surface area contributed by atoms with Crippen molar-refractivity contribution in [2.75, 3.05) is 37.7 Å². The largest absolute Gasteiger partial charge is 0.387 e. The maximum Gasteiger partial charge on any atom is 0.225 e. The number of amides is 1. The molecule has 0 bridgehead atoms. The van der Waals surface area contributed by atoms with Gasteiger partial charge >= 0.3 is 0 Å². The van der Waals surface area contributed by atoms with Gasteiger partial charge in [-0.3, -0.25) is 9.79 Å². The second-order valence-electron chi connectivity index (χ2n) is 7.62. The van der Waals surface area contributed by atoms with Crippen molar-refractivity contribution >= 4 is 23.6 Å². The number of aliphatic imine (C=N–C) groups is 1. The molecule has 0 aromatic heterocycles. The van der Waals surface area contributed by atoms with Crippen molar-refractivity contribution in [3.8, 4) is 0 Å². The van der Waals surface area contributed by atoms with E-state index in [2.05, 4.69) is 15.6 Å². The number of nitrogens with zero attached hydrogens (tertiary/aromatic N) is 2. The topological polar surface area (TPSA) is 77.0 Å².